The number of benzene rings is 1. The second kappa shape index (κ2) is 8.20. The Kier molecular flexibility index (Phi) is 5.96. The van der Waals surface area contributed by atoms with Crippen LogP contribution in [0, 0.1) is 0 Å². The quantitative estimate of drug-likeness (QED) is 0.734. The van der Waals surface area contributed by atoms with Gasteiger partial charge in [0.2, 0.25) is 0 Å². The van der Waals surface area contributed by atoms with Gasteiger partial charge >= 0.3 is 0 Å². The summed E-state index contributed by atoms with van der Waals surface area (Å²) in [4.78, 5) is 30.3. The molecule has 0 amide bonds. The summed E-state index contributed by atoms with van der Waals surface area (Å²) >= 11 is 6.24. The molecule has 2 aromatic carbocycles. The topological polar surface area (TPSA) is 55.9 Å². The molecule has 0 unspecified atom stereocenters. The fourth-order valence-corrected chi connectivity index (χ4v) is 3.44. The molecule has 26 heavy (non-hydrogen) atoms. The first-order valence-corrected chi connectivity index (χ1v) is 9.28. The fourth-order valence-electron chi connectivity index (χ4n) is 3.25. The van der Waals surface area contributed by atoms with Crippen LogP contribution in [0.4, 0.5) is 11.4 Å². The second-order valence-corrected chi connectivity index (χ2v) is 7.37. The number of rotatable bonds is 7. The zero-order valence-electron chi connectivity index (χ0n) is 15.3. The van der Waals surface area contributed by atoms with E-state index >= 15 is 0 Å². The Morgan fingerprint density at radius 2 is 1.77 bits per heavy atom. The van der Waals surface area contributed by atoms with Crippen LogP contribution in [0.3, 0.4) is 0 Å². The van der Waals surface area contributed by atoms with Crippen molar-refractivity contribution in [3.05, 3.63) is 55.3 Å². The van der Waals surface area contributed by atoms with Crippen molar-refractivity contribution in [1.82, 2.24) is 9.80 Å². The van der Waals surface area contributed by atoms with E-state index < -0.39 is 5.43 Å². The molecule has 1 saturated heterocycles. The van der Waals surface area contributed by atoms with Gasteiger partial charge in [-0.2, -0.15) is 0 Å². The van der Waals surface area contributed by atoms with Gasteiger partial charge in [0, 0.05) is 50.8 Å². The average molecular weight is 377 g/mol. The van der Waals surface area contributed by atoms with Crippen LogP contribution in [-0.2, 0) is 6.54 Å². The highest BCUT2D eigenvalue weighted by molar-refractivity contribution is 6.31. The van der Waals surface area contributed by atoms with Crippen LogP contribution in [0.1, 0.15) is 5.56 Å². The van der Waals surface area contributed by atoms with Crippen molar-refractivity contribution in [1.29, 1.82) is 0 Å². The van der Waals surface area contributed by atoms with Gasteiger partial charge < -0.3 is 15.1 Å². The standard InChI is InChI=1S/C19H25ClN4O2/c1-22(2)8-7-21-16-17(19(26)18(16)25)24-11-9-23(10-12-24)13-14-5-3-4-6-15(14)20/h3-6,21H,7-13H2,1-2H3. The average Bonchev–Trinajstić information content (AvgIpc) is 2.63. The Balaban J connectivity index is 1.58. The van der Waals surface area contributed by atoms with Gasteiger partial charge in [-0.1, -0.05) is 29.8 Å². The predicted molar refractivity (Wildman–Crippen MR) is 107 cm³/mol. The minimum Gasteiger partial charge on any atom is -0.379 e. The van der Waals surface area contributed by atoms with Crippen molar-refractivity contribution in [2.24, 2.45) is 0 Å². The molecule has 0 atom stereocenters. The van der Waals surface area contributed by atoms with Crippen molar-refractivity contribution in [2.75, 3.05) is 63.6 Å². The maximum atomic E-state index is 12.1. The molecule has 0 spiro atoms. The lowest BCUT2D eigenvalue weighted by Crippen LogP contribution is -2.51. The molecule has 2 aromatic rings. The molecule has 0 aromatic heterocycles. The first-order chi connectivity index (χ1) is 12.5. The van der Waals surface area contributed by atoms with Gasteiger partial charge in [0.15, 0.2) is 0 Å². The Morgan fingerprint density at radius 1 is 1.08 bits per heavy atom. The Bertz CT molecular complexity index is 821. The molecular formula is C19H25ClN4O2. The van der Waals surface area contributed by atoms with Gasteiger partial charge in [0.25, 0.3) is 10.9 Å². The van der Waals surface area contributed by atoms with Crippen molar-refractivity contribution in [3.63, 3.8) is 0 Å². The number of halogens is 1. The highest BCUT2D eigenvalue weighted by atomic mass is 35.5. The van der Waals surface area contributed by atoms with E-state index in [2.05, 4.69) is 10.2 Å². The van der Waals surface area contributed by atoms with E-state index in [-0.39, 0.29) is 5.43 Å². The highest BCUT2D eigenvalue weighted by Crippen LogP contribution is 2.23. The molecule has 1 fully saturated rings. The summed E-state index contributed by atoms with van der Waals surface area (Å²) in [6.45, 7) is 5.40. The van der Waals surface area contributed by atoms with E-state index in [0.717, 1.165) is 49.9 Å². The van der Waals surface area contributed by atoms with Crippen molar-refractivity contribution >= 4 is 23.0 Å². The van der Waals surface area contributed by atoms with Crippen molar-refractivity contribution < 1.29 is 0 Å². The van der Waals surface area contributed by atoms with Crippen LogP contribution in [0.2, 0.25) is 5.02 Å². The van der Waals surface area contributed by atoms with Gasteiger partial charge in [-0.3, -0.25) is 14.5 Å². The molecule has 0 radical (unpaired) electrons. The lowest BCUT2D eigenvalue weighted by Gasteiger charge is -2.37. The minimum absolute atomic E-state index is 0.364. The van der Waals surface area contributed by atoms with E-state index in [1.165, 1.54) is 0 Å². The summed E-state index contributed by atoms with van der Waals surface area (Å²) < 4.78 is 0. The SMILES string of the molecule is CN(C)CCNc1c(N2CCN(Cc3ccccc3Cl)CC2)c(=O)c1=O. The van der Waals surface area contributed by atoms with E-state index in [1.54, 1.807) is 0 Å². The third kappa shape index (κ3) is 4.09. The largest absolute Gasteiger partial charge is 0.379 e. The number of anilines is 2. The molecule has 1 aliphatic heterocycles. The monoisotopic (exact) mass is 376 g/mol. The molecule has 1 aliphatic rings. The lowest BCUT2D eigenvalue weighted by atomic mass is 10.1. The Hall–Kier alpha value is -1.89. The number of nitrogens with zero attached hydrogens (tertiary/aromatic N) is 3. The normalized spacial score (nSPS) is 15.8. The number of hydrogen-bond acceptors (Lipinski definition) is 6. The zero-order chi connectivity index (χ0) is 18.7. The third-order valence-corrected chi connectivity index (χ3v) is 5.15. The third-order valence-electron chi connectivity index (χ3n) is 4.79. The predicted octanol–water partition coefficient (Wildman–Crippen LogP) is 1.23. The molecule has 0 saturated carbocycles. The zero-order valence-corrected chi connectivity index (χ0v) is 16.1. The van der Waals surface area contributed by atoms with Crippen LogP contribution in [0.25, 0.3) is 0 Å². The van der Waals surface area contributed by atoms with Crippen LogP contribution < -0.4 is 21.1 Å². The van der Waals surface area contributed by atoms with E-state index in [0.29, 0.717) is 17.9 Å². The number of piperazine rings is 1. The van der Waals surface area contributed by atoms with E-state index in [4.69, 9.17) is 11.6 Å². The Labute approximate surface area is 158 Å². The molecule has 0 bridgehead atoms. The van der Waals surface area contributed by atoms with Crippen LogP contribution in [0.15, 0.2) is 33.9 Å². The summed E-state index contributed by atoms with van der Waals surface area (Å²) in [7, 11) is 3.95. The summed E-state index contributed by atoms with van der Waals surface area (Å²) in [6, 6.07) is 7.87. The number of nitrogens with one attached hydrogen (secondary N) is 1. The molecule has 1 N–H and O–H groups in total. The summed E-state index contributed by atoms with van der Waals surface area (Å²) in [6.07, 6.45) is 0. The van der Waals surface area contributed by atoms with Crippen molar-refractivity contribution in [2.45, 2.75) is 6.54 Å². The molecule has 140 valence electrons. The maximum absolute atomic E-state index is 12.1. The van der Waals surface area contributed by atoms with Gasteiger partial charge in [0.05, 0.1) is 0 Å². The lowest BCUT2D eigenvalue weighted by molar-refractivity contribution is 0.249. The molecular weight excluding hydrogens is 352 g/mol. The van der Waals surface area contributed by atoms with Crippen LogP contribution >= 0.6 is 11.6 Å². The molecule has 0 aliphatic carbocycles. The minimum atomic E-state index is -0.391. The summed E-state index contributed by atoms with van der Waals surface area (Å²) in [5, 5.41) is 3.91. The van der Waals surface area contributed by atoms with Gasteiger partial charge in [-0.15, -0.1) is 0 Å². The first kappa shape index (κ1) is 18.9. The van der Waals surface area contributed by atoms with E-state index in [9.17, 15) is 9.59 Å². The second-order valence-electron chi connectivity index (χ2n) is 6.97. The fraction of sp³-hybridized carbons (Fsp3) is 0.474. The summed E-state index contributed by atoms with van der Waals surface area (Å²) in [5.74, 6) is 0. The van der Waals surface area contributed by atoms with Gasteiger partial charge in [-0.05, 0) is 25.7 Å². The highest BCUT2D eigenvalue weighted by Gasteiger charge is 2.28. The van der Waals surface area contributed by atoms with Crippen LogP contribution in [0.5, 0.6) is 0 Å². The molecule has 1 heterocycles. The van der Waals surface area contributed by atoms with Crippen molar-refractivity contribution in [3.8, 4) is 0 Å². The maximum Gasteiger partial charge on any atom is 0.253 e. The van der Waals surface area contributed by atoms with Gasteiger partial charge in [-0.25, -0.2) is 0 Å². The Morgan fingerprint density at radius 3 is 2.42 bits per heavy atom. The number of likely N-dealkylation sites (N-methyl/N-ethyl adjacent to an activating group) is 1. The molecule has 6 nitrogen and oxygen atoms in total. The molecule has 7 heteroatoms. The molecule has 3 rings (SSSR count). The number of hydrogen-bond donors (Lipinski definition) is 1. The first-order valence-electron chi connectivity index (χ1n) is 8.90. The van der Waals surface area contributed by atoms with E-state index in [1.807, 2.05) is 48.2 Å². The van der Waals surface area contributed by atoms with Crippen LogP contribution in [-0.4, -0.2) is 63.2 Å². The smallest absolute Gasteiger partial charge is 0.253 e. The summed E-state index contributed by atoms with van der Waals surface area (Å²) in [5.41, 5.74) is 1.40. The van der Waals surface area contributed by atoms with Gasteiger partial charge in [0.1, 0.15) is 11.4 Å².